The third kappa shape index (κ3) is 6.06. The maximum absolute atomic E-state index is 12.6. The zero-order chi connectivity index (χ0) is 22.2. The highest BCUT2D eigenvalue weighted by molar-refractivity contribution is 7.10. The third-order valence-corrected chi connectivity index (χ3v) is 6.17. The monoisotopic (exact) mass is 449 g/mol. The fraction of sp³-hybridized carbons (Fsp3) is 0.524. The van der Waals surface area contributed by atoms with E-state index in [0.29, 0.717) is 0 Å². The lowest BCUT2D eigenvalue weighted by atomic mass is 9.89. The maximum atomic E-state index is 12.6. The van der Waals surface area contributed by atoms with Gasteiger partial charge < -0.3 is 25.4 Å². The van der Waals surface area contributed by atoms with E-state index >= 15 is 0 Å². The number of urea groups is 1. The number of carbonyl (C=O) groups is 4. The van der Waals surface area contributed by atoms with Gasteiger partial charge in [-0.05, 0) is 31.2 Å². The first-order valence-corrected chi connectivity index (χ1v) is 11.3. The minimum Gasteiger partial charge on any atom is -0.463 e. The van der Waals surface area contributed by atoms with Crippen LogP contribution in [-0.4, -0.2) is 43.6 Å². The summed E-state index contributed by atoms with van der Waals surface area (Å²) >= 11 is 1.38. The summed E-state index contributed by atoms with van der Waals surface area (Å²) in [6, 6.07) is 2.39. The Morgan fingerprint density at radius 3 is 2.65 bits per heavy atom. The lowest BCUT2D eigenvalue weighted by molar-refractivity contribution is -0.144. The average Bonchev–Trinajstić information content (AvgIpc) is 3.31. The molecular formula is C21H27N3O6S. The maximum Gasteiger partial charge on any atom is 0.338 e. The Labute approximate surface area is 184 Å². The van der Waals surface area contributed by atoms with Crippen molar-refractivity contribution in [3.63, 3.8) is 0 Å². The molecule has 1 aromatic heterocycles. The van der Waals surface area contributed by atoms with Crippen LogP contribution in [0.4, 0.5) is 4.79 Å². The van der Waals surface area contributed by atoms with Crippen LogP contribution < -0.4 is 16.0 Å². The van der Waals surface area contributed by atoms with E-state index in [1.807, 2.05) is 11.4 Å². The first kappa shape index (κ1) is 22.8. The van der Waals surface area contributed by atoms with Gasteiger partial charge in [-0.15, -0.1) is 11.3 Å². The molecular weight excluding hydrogens is 422 g/mol. The van der Waals surface area contributed by atoms with Gasteiger partial charge in [-0.3, -0.25) is 9.59 Å². The Morgan fingerprint density at radius 2 is 1.97 bits per heavy atom. The van der Waals surface area contributed by atoms with E-state index in [4.69, 9.17) is 9.47 Å². The van der Waals surface area contributed by atoms with Gasteiger partial charge in [0.05, 0.1) is 23.9 Å². The standard InChI is InChI=1S/C21H27N3O6S/c1-2-29-20(27)17-14(23-21(28)24-18(17)15-9-6-10-31-15)12-30-16(25)11-22-19(26)13-7-4-3-5-8-13/h6,9-10,13,18H,2-5,7-8,11-12H2,1H3,(H,22,26)(H2,23,24,28). The second kappa shape index (κ2) is 10.9. The SMILES string of the molecule is CCOC(=O)C1=C(COC(=O)CNC(=O)C2CCCCC2)NC(=O)NC1c1cccs1. The van der Waals surface area contributed by atoms with Crippen LogP contribution in [-0.2, 0) is 23.9 Å². The minimum absolute atomic E-state index is 0.0602. The number of thiophene rings is 1. The molecule has 31 heavy (non-hydrogen) atoms. The van der Waals surface area contributed by atoms with Gasteiger partial charge in [0.15, 0.2) is 0 Å². The molecule has 1 unspecified atom stereocenters. The van der Waals surface area contributed by atoms with Gasteiger partial charge in [0.2, 0.25) is 5.91 Å². The highest BCUT2D eigenvalue weighted by Crippen LogP contribution is 2.30. The van der Waals surface area contributed by atoms with Crippen molar-refractivity contribution in [1.82, 2.24) is 16.0 Å². The minimum atomic E-state index is -0.701. The van der Waals surface area contributed by atoms with Gasteiger partial charge in [-0.25, -0.2) is 9.59 Å². The van der Waals surface area contributed by atoms with Crippen molar-refractivity contribution in [2.75, 3.05) is 19.8 Å². The van der Waals surface area contributed by atoms with Crippen molar-refractivity contribution in [3.05, 3.63) is 33.7 Å². The predicted octanol–water partition coefficient (Wildman–Crippen LogP) is 2.16. The first-order chi connectivity index (χ1) is 15.0. The zero-order valence-corrected chi connectivity index (χ0v) is 18.2. The molecule has 2 aliphatic rings. The molecule has 1 atom stereocenters. The lowest BCUT2D eigenvalue weighted by Gasteiger charge is -2.28. The summed E-state index contributed by atoms with van der Waals surface area (Å²) < 4.78 is 10.4. The molecule has 2 heterocycles. The van der Waals surface area contributed by atoms with Crippen molar-refractivity contribution in [3.8, 4) is 0 Å². The van der Waals surface area contributed by atoms with E-state index in [9.17, 15) is 19.2 Å². The van der Waals surface area contributed by atoms with Crippen LogP contribution in [0.5, 0.6) is 0 Å². The molecule has 0 bridgehead atoms. The molecule has 1 saturated carbocycles. The number of amides is 3. The van der Waals surface area contributed by atoms with Crippen LogP contribution in [0, 0.1) is 5.92 Å². The zero-order valence-electron chi connectivity index (χ0n) is 17.4. The van der Waals surface area contributed by atoms with Crippen LogP contribution >= 0.6 is 11.3 Å². The molecule has 1 aliphatic carbocycles. The Bertz CT molecular complexity index is 845. The Hall–Kier alpha value is -2.88. The number of hydrogen-bond acceptors (Lipinski definition) is 7. The number of carbonyl (C=O) groups excluding carboxylic acids is 4. The van der Waals surface area contributed by atoms with Crippen LogP contribution in [0.1, 0.15) is 49.9 Å². The molecule has 10 heteroatoms. The molecule has 1 fully saturated rings. The van der Waals surface area contributed by atoms with Gasteiger partial charge in [0.1, 0.15) is 13.2 Å². The summed E-state index contributed by atoms with van der Waals surface area (Å²) in [6.45, 7) is 1.26. The van der Waals surface area contributed by atoms with Crippen molar-refractivity contribution in [1.29, 1.82) is 0 Å². The van der Waals surface area contributed by atoms with Crippen molar-refractivity contribution >= 4 is 35.2 Å². The number of ether oxygens (including phenoxy) is 2. The smallest absolute Gasteiger partial charge is 0.338 e. The van der Waals surface area contributed by atoms with Gasteiger partial charge in [0, 0.05) is 10.8 Å². The highest BCUT2D eigenvalue weighted by atomic mass is 32.1. The molecule has 3 rings (SSSR count). The Balaban J connectivity index is 1.65. The molecule has 3 N–H and O–H groups in total. The van der Waals surface area contributed by atoms with Crippen LogP contribution in [0.2, 0.25) is 0 Å². The van der Waals surface area contributed by atoms with Crippen LogP contribution in [0.15, 0.2) is 28.8 Å². The second-order valence-corrected chi connectivity index (χ2v) is 8.35. The van der Waals surface area contributed by atoms with Crippen LogP contribution in [0.3, 0.4) is 0 Å². The van der Waals surface area contributed by atoms with Gasteiger partial charge >= 0.3 is 18.0 Å². The van der Waals surface area contributed by atoms with Gasteiger partial charge in [-0.1, -0.05) is 25.3 Å². The Kier molecular flexibility index (Phi) is 8.05. The topological polar surface area (TPSA) is 123 Å². The second-order valence-electron chi connectivity index (χ2n) is 7.37. The number of nitrogens with one attached hydrogen (secondary N) is 3. The van der Waals surface area contributed by atoms with E-state index in [1.165, 1.54) is 11.3 Å². The normalized spacial score (nSPS) is 19.3. The van der Waals surface area contributed by atoms with Crippen LogP contribution in [0.25, 0.3) is 0 Å². The van der Waals surface area contributed by atoms with Crippen molar-refractivity contribution < 1.29 is 28.7 Å². The molecule has 0 spiro atoms. The molecule has 0 saturated heterocycles. The van der Waals surface area contributed by atoms with E-state index < -0.39 is 24.0 Å². The predicted molar refractivity (Wildman–Crippen MR) is 113 cm³/mol. The average molecular weight is 450 g/mol. The van der Waals surface area contributed by atoms with Crippen molar-refractivity contribution in [2.45, 2.75) is 45.1 Å². The first-order valence-electron chi connectivity index (χ1n) is 10.4. The quantitative estimate of drug-likeness (QED) is 0.523. The van der Waals surface area contributed by atoms with Crippen molar-refractivity contribution in [2.24, 2.45) is 5.92 Å². The van der Waals surface area contributed by atoms with E-state index in [0.717, 1.165) is 37.0 Å². The highest BCUT2D eigenvalue weighted by Gasteiger charge is 2.34. The number of rotatable bonds is 8. The molecule has 3 amide bonds. The summed E-state index contributed by atoms with van der Waals surface area (Å²) in [5.41, 5.74) is 0.343. The number of hydrogen-bond donors (Lipinski definition) is 3. The fourth-order valence-corrected chi connectivity index (χ4v) is 4.51. The molecule has 0 aromatic carbocycles. The van der Waals surface area contributed by atoms with Gasteiger partial charge in [-0.2, -0.15) is 0 Å². The summed E-state index contributed by atoms with van der Waals surface area (Å²) in [5, 5.41) is 9.69. The lowest BCUT2D eigenvalue weighted by Crippen LogP contribution is -2.47. The summed E-state index contributed by atoms with van der Waals surface area (Å²) in [4.78, 5) is 49.8. The Morgan fingerprint density at radius 1 is 1.19 bits per heavy atom. The molecule has 168 valence electrons. The summed E-state index contributed by atoms with van der Waals surface area (Å²) in [7, 11) is 0. The van der Waals surface area contributed by atoms with E-state index in [-0.39, 0.29) is 42.9 Å². The summed E-state index contributed by atoms with van der Waals surface area (Å²) in [5.74, 6) is -1.46. The summed E-state index contributed by atoms with van der Waals surface area (Å²) in [6.07, 6.45) is 4.84. The van der Waals surface area contributed by atoms with Gasteiger partial charge in [0.25, 0.3) is 0 Å². The van der Waals surface area contributed by atoms with E-state index in [2.05, 4.69) is 16.0 Å². The molecule has 0 radical (unpaired) electrons. The molecule has 9 nitrogen and oxygen atoms in total. The fourth-order valence-electron chi connectivity index (χ4n) is 3.72. The number of esters is 2. The molecule has 1 aromatic rings. The molecule has 1 aliphatic heterocycles. The third-order valence-electron chi connectivity index (χ3n) is 5.24. The largest absolute Gasteiger partial charge is 0.463 e. The van der Waals surface area contributed by atoms with E-state index in [1.54, 1.807) is 13.0 Å².